The quantitative estimate of drug-likeness (QED) is 0.199. The molecule has 0 radical (unpaired) electrons. The van der Waals surface area contributed by atoms with Crippen LogP contribution in [0, 0.1) is 57.2 Å². The molecule has 8 aliphatic carbocycles. The first-order valence-electron chi connectivity index (χ1n) is 18.9. The third-order valence-corrected chi connectivity index (χ3v) is 16.3. The van der Waals surface area contributed by atoms with Gasteiger partial charge in [0.15, 0.2) is 11.4 Å². The Balaban J connectivity index is 1.10. The zero-order chi connectivity index (χ0) is 38.9. The molecule has 1 heterocycles. The van der Waals surface area contributed by atoms with Crippen LogP contribution in [0.5, 0.6) is 0 Å². The lowest BCUT2D eigenvalue weighted by atomic mass is 9.38. The number of rotatable bonds is 9. The summed E-state index contributed by atoms with van der Waals surface area (Å²) >= 11 is 0. The molecule has 1 spiro atoms. The van der Waals surface area contributed by atoms with Crippen molar-refractivity contribution in [2.75, 3.05) is 27.4 Å². The van der Waals surface area contributed by atoms with Crippen molar-refractivity contribution in [1.29, 1.82) is 0 Å². The summed E-state index contributed by atoms with van der Waals surface area (Å²) in [6, 6.07) is 0. The van der Waals surface area contributed by atoms with Gasteiger partial charge in [-0.2, -0.15) is 0 Å². The fourth-order valence-corrected chi connectivity index (χ4v) is 13.8. The molecule has 5 fully saturated rings. The van der Waals surface area contributed by atoms with Crippen LogP contribution in [-0.2, 0) is 52.5 Å². The Morgan fingerprint density at radius 2 is 1.63 bits per heavy atom. The molecule has 13 heteroatoms. The molecular weight excluding hydrogens is 700 g/mol. The van der Waals surface area contributed by atoms with Crippen LogP contribution < -0.4 is 0 Å². The van der Waals surface area contributed by atoms with Crippen molar-refractivity contribution >= 4 is 35.6 Å². The molecular formula is C41H46O13. The summed E-state index contributed by atoms with van der Waals surface area (Å²) < 4.78 is 27.7. The molecule has 0 aromatic carbocycles. The normalized spacial score (nSPS) is 46.6. The smallest absolute Gasteiger partial charge is 0.335 e. The van der Waals surface area contributed by atoms with E-state index < -0.39 is 86.4 Å². The molecule has 1 aliphatic heterocycles. The van der Waals surface area contributed by atoms with E-state index in [-0.39, 0.29) is 72.9 Å². The first kappa shape index (κ1) is 35.6. The highest BCUT2D eigenvalue weighted by Gasteiger charge is 2.93. The minimum absolute atomic E-state index is 0.0239. The summed E-state index contributed by atoms with van der Waals surface area (Å²) in [4.78, 5) is 79.9. The first-order chi connectivity index (χ1) is 25.4. The van der Waals surface area contributed by atoms with Crippen molar-refractivity contribution in [2.24, 2.45) is 57.2 Å². The predicted molar refractivity (Wildman–Crippen MR) is 183 cm³/mol. The SMILES string of the molecule is C=C1C(=O)O[C@@]23C4=C5C(=O)[C@H](O)[C@@]6(C)C4=C(C[C@H]2[C@]2(C)[C@@H]4C[C@@H]4[C@](O)(COC(=O)/C(C)=C/COC(=O)CCC(=O)OC)[C@@H]2C[C@@]13[C@@]5(C)C(=O)OC)[C@H]1C[C@H]16. The lowest BCUT2D eigenvalue weighted by Gasteiger charge is -2.64. The van der Waals surface area contributed by atoms with Gasteiger partial charge in [-0.15, -0.1) is 0 Å². The number of ether oxygens (including phenoxy) is 5. The molecule has 1 saturated heterocycles. The number of aliphatic hydroxyl groups excluding tert-OH is 1. The molecule has 0 aromatic rings. The number of ketones is 1. The Labute approximate surface area is 312 Å². The van der Waals surface area contributed by atoms with E-state index in [0.717, 1.165) is 17.6 Å². The number of esters is 5. The maximum atomic E-state index is 14.7. The topological polar surface area (TPSA) is 189 Å². The van der Waals surface area contributed by atoms with E-state index >= 15 is 0 Å². The van der Waals surface area contributed by atoms with E-state index in [1.54, 1.807) is 6.92 Å². The van der Waals surface area contributed by atoms with Gasteiger partial charge in [0.2, 0.25) is 0 Å². The van der Waals surface area contributed by atoms with Crippen molar-refractivity contribution < 1.29 is 62.7 Å². The Morgan fingerprint density at radius 1 is 0.926 bits per heavy atom. The van der Waals surface area contributed by atoms with Gasteiger partial charge in [-0.1, -0.05) is 26.0 Å². The molecule has 0 amide bonds. The van der Waals surface area contributed by atoms with Gasteiger partial charge in [0.05, 0.1) is 32.5 Å². The highest BCUT2D eigenvalue weighted by Crippen LogP contribution is 2.89. The number of aliphatic hydroxyl groups is 2. The van der Waals surface area contributed by atoms with Crippen LogP contribution >= 0.6 is 0 Å². The summed E-state index contributed by atoms with van der Waals surface area (Å²) in [5.41, 5.74) is -5.08. The fraction of sp³-hybridized carbons (Fsp3) is 0.659. The molecule has 4 saturated carbocycles. The zero-order valence-corrected chi connectivity index (χ0v) is 31.4. The Kier molecular flexibility index (Phi) is 6.98. The van der Waals surface area contributed by atoms with E-state index in [4.69, 9.17) is 18.9 Å². The molecule has 2 N–H and O–H groups in total. The number of carbonyl (C=O) groups excluding carboxylic acids is 6. The minimum Gasteiger partial charge on any atom is -0.469 e. The van der Waals surface area contributed by atoms with Gasteiger partial charge in [-0.3, -0.25) is 19.2 Å². The van der Waals surface area contributed by atoms with Crippen LogP contribution in [0.25, 0.3) is 0 Å². The lowest BCUT2D eigenvalue weighted by molar-refractivity contribution is -0.225. The van der Waals surface area contributed by atoms with Crippen LogP contribution in [0.4, 0.5) is 0 Å². The van der Waals surface area contributed by atoms with Crippen LogP contribution in [-0.4, -0.2) is 90.6 Å². The molecule has 13 atom stereocenters. The predicted octanol–water partition coefficient (Wildman–Crippen LogP) is 2.62. The lowest BCUT2D eigenvalue weighted by Crippen LogP contribution is -2.69. The maximum absolute atomic E-state index is 14.7. The van der Waals surface area contributed by atoms with E-state index in [2.05, 4.69) is 18.2 Å². The van der Waals surface area contributed by atoms with Crippen molar-refractivity contribution in [3.63, 3.8) is 0 Å². The average molecular weight is 747 g/mol. The van der Waals surface area contributed by atoms with E-state index in [1.807, 2.05) is 6.92 Å². The number of Topliss-reactive ketones (excluding diaryl/α,β-unsaturated/α-hetero) is 1. The van der Waals surface area contributed by atoms with Crippen LogP contribution in [0.2, 0.25) is 0 Å². The van der Waals surface area contributed by atoms with Crippen molar-refractivity contribution in [1.82, 2.24) is 0 Å². The standard InChI is InChI=1S/C41H46O13/c1-17(10-11-52-27(43)9-8-26(42)50-6)33(46)53-16-39(49)23-14-22(23)36(3)24-13-20-19-12-21(19)37(4)28(20)29-30(31(44)32(37)45)38(5,35(48)51-7)40(15-25(36)39)18(2)34(47)54-41(24,29)40/h10,19,21-25,32,45,49H,2,8-9,11-16H2,1,3-7H3/b17-10+/t19-,21-,22-,23+,24+,25-,32+,36+,37-,38-,39-,40+,41-/m1/s1. The highest BCUT2D eigenvalue weighted by molar-refractivity contribution is 6.13. The number of hydrogen-bond donors (Lipinski definition) is 2. The van der Waals surface area contributed by atoms with E-state index in [9.17, 15) is 39.0 Å². The van der Waals surface area contributed by atoms with Gasteiger partial charge in [0, 0.05) is 33.6 Å². The van der Waals surface area contributed by atoms with Crippen LogP contribution in [0.1, 0.15) is 66.2 Å². The third kappa shape index (κ3) is 3.61. The maximum Gasteiger partial charge on any atom is 0.335 e. The number of carbonyl (C=O) groups is 6. The van der Waals surface area contributed by atoms with Gasteiger partial charge < -0.3 is 33.9 Å². The van der Waals surface area contributed by atoms with Crippen LogP contribution in [0.15, 0.2) is 46.1 Å². The number of methoxy groups -OCH3 is 2. The molecule has 0 unspecified atom stereocenters. The van der Waals surface area contributed by atoms with Crippen molar-refractivity contribution in [3.05, 3.63) is 46.1 Å². The average Bonchev–Trinajstić information content (AvgIpc) is 4.06. The minimum atomic E-state index is -1.80. The van der Waals surface area contributed by atoms with E-state index in [0.29, 0.717) is 18.4 Å². The Hall–Kier alpha value is -4.10. The number of allylic oxidation sites excluding steroid dienone is 1. The summed E-state index contributed by atoms with van der Waals surface area (Å²) in [7, 11) is 2.46. The van der Waals surface area contributed by atoms with Gasteiger partial charge in [0.1, 0.15) is 30.3 Å². The van der Waals surface area contributed by atoms with E-state index in [1.165, 1.54) is 27.2 Å². The second-order valence-corrected chi connectivity index (χ2v) is 17.8. The fourth-order valence-electron chi connectivity index (χ4n) is 13.8. The van der Waals surface area contributed by atoms with Crippen molar-refractivity contribution in [3.8, 4) is 0 Å². The molecule has 54 heavy (non-hydrogen) atoms. The summed E-state index contributed by atoms with van der Waals surface area (Å²) in [5, 5.41) is 24.8. The summed E-state index contributed by atoms with van der Waals surface area (Å²) in [6.07, 6.45) is 1.71. The Morgan fingerprint density at radius 3 is 2.31 bits per heavy atom. The molecule has 0 aromatic heterocycles. The van der Waals surface area contributed by atoms with Gasteiger partial charge in [0.25, 0.3) is 0 Å². The largest absolute Gasteiger partial charge is 0.469 e. The highest BCUT2D eigenvalue weighted by atomic mass is 16.6. The van der Waals surface area contributed by atoms with Gasteiger partial charge >= 0.3 is 29.8 Å². The second-order valence-electron chi connectivity index (χ2n) is 17.8. The molecule has 288 valence electrons. The monoisotopic (exact) mass is 746 g/mol. The first-order valence-corrected chi connectivity index (χ1v) is 18.9. The summed E-state index contributed by atoms with van der Waals surface area (Å²) in [5.74, 6) is -5.03. The molecule has 13 nitrogen and oxygen atoms in total. The summed E-state index contributed by atoms with van der Waals surface area (Å²) in [6.45, 7) is 10.9. The number of hydrogen-bond acceptors (Lipinski definition) is 13. The van der Waals surface area contributed by atoms with Gasteiger partial charge in [-0.05, 0) is 86.2 Å². The molecule has 9 aliphatic rings. The number of fused-ring (bicyclic) bond motifs is 7. The Bertz CT molecular complexity index is 2020. The molecule has 9 rings (SSSR count). The second kappa shape index (κ2) is 10.6. The van der Waals surface area contributed by atoms with Crippen molar-refractivity contribution in [2.45, 2.75) is 83.5 Å². The van der Waals surface area contributed by atoms with Crippen LogP contribution in [0.3, 0.4) is 0 Å². The van der Waals surface area contributed by atoms with Gasteiger partial charge in [-0.25, -0.2) is 9.59 Å². The third-order valence-electron chi connectivity index (χ3n) is 16.3. The molecule has 0 bridgehead atoms. The zero-order valence-electron chi connectivity index (χ0n) is 31.4.